The van der Waals surface area contributed by atoms with Crippen molar-refractivity contribution in [3.8, 4) is 17.2 Å². The number of fused-ring (bicyclic) bond motifs is 1. The standard InChI is InChI=1S/C27H27BrN2O5/c1-33-22-11-9-19(28)15-18(22)16-30-25(20-6-4-5-7-21(20)27(30)32)26(31)29-13-12-17-8-10-23(34-2)24(14-17)35-3/h4-11,14-15,25H,12-13,16H2,1-3H3,(H,29,31)/t25-/m0/s1. The fourth-order valence-electron chi connectivity index (χ4n) is 4.33. The largest absolute Gasteiger partial charge is 0.496 e. The number of nitrogens with zero attached hydrogens (tertiary/aromatic N) is 1. The zero-order valence-electron chi connectivity index (χ0n) is 19.8. The Labute approximate surface area is 213 Å². The Morgan fingerprint density at radius 3 is 2.40 bits per heavy atom. The van der Waals surface area contributed by atoms with Gasteiger partial charge in [0.25, 0.3) is 5.91 Å². The van der Waals surface area contributed by atoms with Gasteiger partial charge >= 0.3 is 0 Å². The molecule has 1 aliphatic rings. The molecule has 0 aliphatic carbocycles. The summed E-state index contributed by atoms with van der Waals surface area (Å²) in [6.45, 7) is 0.652. The van der Waals surface area contributed by atoms with Crippen molar-refractivity contribution in [3.05, 3.63) is 87.4 Å². The van der Waals surface area contributed by atoms with Crippen molar-refractivity contribution in [3.63, 3.8) is 0 Å². The van der Waals surface area contributed by atoms with Gasteiger partial charge in [0.2, 0.25) is 5.91 Å². The Hall–Kier alpha value is -3.52. The van der Waals surface area contributed by atoms with Crippen LogP contribution in [0.25, 0.3) is 0 Å². The van der Waals surface area contributed by atoms with Gasteiger partial charge in [0.15, 0.2) is 11.5 Å². The van der Waals surface area contributed by atoms with Crippen molar-refractivity contribution < 1.29 is 23.8 Å². The lowest BCUT2D eigenvalue weighted by Gasteiger charge is -2.25. The monoisotopic (exact) mass is 538 g/mol. The summed E-state index contributed by atoms with van der Waals surface area (Å²) >= 11 is 3.48. The van der Waals surface area contributed by atoms with Gasteiger partial charge in [-0.3, -0.25) is 9.59 Å². The predicted octanol–water partition coefficient (Wildman–Crippen LogP) is 4.53. The molecule has 3 aromatic rings. The second-order valence-electron chi connectivity index (χ2n) is 8.11. The molecule has 0 saturated heterocycles. The summed E-state index contributed by atoms with van der Waals surface area (Å²) in [5.41, 5.74) is 3.06. The third-order valence-electron chi connectivity index (χ3n) is 6.05. The van der Waals surface area contributed by atoms with Gasteiger partial charge in [-0.25, -0.2) is 0 Å². The van der Waals surface area contributed by atoms with Gasteiger partial charge in [-0.05, 0) is 53.9 Å². The summed E-state index contributed by atoms with van der Waals surface area (Å²) in [6, 6.07) is 17.8. The number of hydrogen-bond donors (Lipinski definition) is 1. The number of halogens is 1. The lowest BCUT2D eigenvalue weighted by atomic mass is 10.0. The SMILES string of the molecule is COc1ccc(Br)cc1CN1C(=O)c2ccccc2[C@H]1C(=O)NCCc1ccc(OC)c(OC)c1. The molecule has 0 fully saturated rings. The van der Waals surface area contributed by atoms with Crippen molar-refractivity contribution in [2.45, 2.75) is 19.0 Å². The van der Waals surface area contributed by atoms with Crippen molar-refractivity contribution in [1.82, 2.24) is 10.2 Å². The third-order valence-corrected chi connectivity index (χ3v) is 6.54. The van der Waals surface area contributed by atoms with Crippen molar-refractivity contribution in [1.29, 1.82) is 0 Å². The van der Waals surface area contributed by atoms with Gasteiger partial charge in [0.05, 0.1) is 27.9 Å². The van der Waals surface area contributed by atoms with Crippen molar-refractivity contribution in [2.24, 2.45) is 0 Å². The average Bonchev–Trinajstić information content (AvgIpc) is 3.15. The zero-order chi connectivity index (χ0) is 24.9. The molecule has 1 heterocycles. The molecule has 8 heteroatoms. The second kappa shape index (κ2) is 10.8. The lowest BCUT2D eigenvalue weighted by Crippen LogP contribution is -2.39. The highest BCUT2D eigenvalue weighted by atomic mass is 79.9. The summed E-state index contributed by atoms with van der Waals surface area (Å²) in [5.74, 6) is 1.55. The summed E-state index contributed by atoms with van der Waals surface area (Å²) < 4.78 is 17.0. The number of amides is 2. The third kappa shape index (κ3) is 5.12. The molecule has 0 saturated carbocycles. The maximum Gasteiger partial charge on any atom is 0.255 e. The van der Waals surface area contributed by atoms with E-state index in [0.717, 1.165) is 15.6 Å². The Bertz CT molecular complexity index is 1250. The average molecular weight is 539 g/mol. The molecule has 2 amide bonds. The molecule has 1 atom stereocenters. The summed E-state index contributed by atoms with van der Waals surface area (Å²) in [7, 11) is 4.77. The molecule has 7 nitrogen and oxygen atoms in total. The van der Waals surface area contributed by atoms with E-state index in [1.807, 2.05) is 54.6 Å². The number of carbonyl (C=O) groups excluding carboxylic acids is 2. The minimum atomic E-state index is -0.729. The molecule has 0 aromatic heterocycles. The number of hydrogen-bond acceptors (Lipinski definition) is 5. The maximum absolute atomic E-state index is 13.4. The number of carbonyl (C=O) groups is 2. The van der Waals surface area contributed by atoms with Crippen LogP contribution in [0.5, 0.6) is 17.2 Å². The van der Waals surface area contributed by atoms with Gasteiger partial charge in [-0.15, -0.1) is 0 Å². The fraction of sp³-hybridized carbons (Fsp3) is 0.259. The van der Waals surface area contributed by atoms with Crippen LogP contribution in [0.4, 0.5) is 0 Å². The molecule has 4 rings (SSSR count). The van der Waals surface area contributed by atoms with Crippen LogP contribution in [0.1, 0.15) is 33.1 Å². The van der Waals surface area contributed by atoms with E-state index in [1.54, 1.807) is 32.3 Å². The molecule has 0 bridgehead atoms. The van der Waals surface area contributed by atoms with Crippen LogP contribution in [0.15, 0.2) is 65.1 Å². The van der Waals surface area contributed by atoms with Crippen LogP contribution in [-0.2, 0) is 17.8 Å². The van der Waals surface area contributed by atoms with Gasteiger partial charge in [0.1, 0.15) is 11.8 Å². The van der Waals surface area contributed by atoms with E-state index in [1.165, 1.54) is 0 Å². The number of benzene rings is 3. The highest BCUT2D eigenvalue weighted by Gasteiger charge is 2.41. The van der Waals surface area contributed by atoms with E-state index < -0.39 is 6.04 Å². The van der Waals surface area contributed by atoms with Gasteiger partial charge in [0, 0.05) is 22.1 Å². The van der Waals surface area contributed by atoms with Gasteiger partial charge in [-0.1, -0.05) is 40.2 Å². The fourth-order valence-corrected chi connectivity index (χ4v) is 4.74. The molecule has 3 aromatic carbocycles. The minimum Gasteiger partial charge on any atom is -0.496 e. The van der Waals surface area contributed by atoms with Gasteiger partial charge < -0.3 is 24.4 Å². The second-order valence-corrected chi connectivity index (χ2v) is 9.03. The molecule has 182 valence electrons. The highest BCUT2D eigenvalue weighted by Crippen LogP contribution is 2.37. The predicted molar refractivity (Wildman–Crippen MR) is 136 cm³/mol. The molecule has 0 spiro atoms. The Kier molecular flexibility index (Phi) is 7.60. The van der Waals surface area contributed by atoms with Crippen LogP contribution in [-0.4, -0.2) is 44.6 Å². The van der Waals surface area contributed by atoms with E-state index >= 15 is 0 Å². The smallest absolute Gasteiger partial charge is 0.255 e. The molecule has 0 radical (unpaired) electrons. The first-order chi connectivity index (χ1) is 17.0. The van der Waals surface area contributed by atoms with Crippen molar-refractivity contribution in [2.75, 3.05) is 27.9 Å². The van der Waals surface area contributed by atoms with Crippen LogP contribution in [0.3, 0.4) is 0 Å². The Morgan fingerprint density at radius 1 is 0.943 bits per heavy atom. The normalized spacial score (nSPS) is 14.5. The number of methoxy groups -OCH3 is 3. The van der Waals surface area contributed by atoms with Crippen LogP contribution >= 0.6 is 15.9 Å². The Balaban J connectivity index is 1.53. The minimum absolute atomic E-state index is 0.178. The summed E-state index contributed by atoms with van der Waals surface area (Å²) in [4.78, 5) is 28.3. The number of nitrogens with one attached hydrogen (secondary N) is 1. The first-order valence-corrected chi connectivity index (χ1v) is 12.0. The number of ether oxygens (including phenoxy) is 3. The van der Waals surface area contributed by atoms with E-state index in [-0.39, 0.29) is 18.4 Å². The summed E-state index contributed by atoms with van der Waals surface area (Å²) in [5, 5.41) is 3.01. The molecule has 1 N–H and O–H groups in total. The molecule has 1 aliphatic heterocycles. The quantitative estimate of drug-likeness (QED) is 0.433. The van der Waals surface area contributed by atoms with Crippen molar-refractivity contribution >= 4 is 27.7 Å². The maximum atomic E-state index is 13.4. The van der Waals surface area contributed by atoms with Gasteiger partial charge in [-0.2, -0.15) is 0 Å². The number of rotatable bonds is 9. The topological polar surface area (TPSA) is 77.1 Å². The molecule has 0 unspecified atom stereocenters. The highest BCUT2D eigenvalue weighted by molar-refractivity contribution is 9.10. The Morgan fingerprint density at radius 2 is 1.66 bits per heavy atom. The molecular weight excluding hydrogens is 512 g/mol. The molecule has 35 heavy (non-hydrogen) atoms. The molecular formula is C27H27BrN2O5. The van der Waals surface area contributed by atoms with E-state index in [4.69, 9.17) is 14.2 Å². The first-order valence-electron chi connectivity index (χ1n) is 11.2. The van der Waals surface area contributed by atoms with E-state index in [2.05, 4.69) is 21.2 Å². The van der Waals surface area contributed by atoms with Crippen LogP contribution in [0.2, 0.25) is 0 Å². The zero-order valence-corrected chi connectivity index (χ0v) is 21.4. The lowest BCUT2D eigenvalue weighted by molar-refractivity contribution is -0.125. The van der Waals surface area contributed by atoms with Crippen LogP contribution in [0, 0.1) is 0 Å². The van der Waals surface area contributed by atoms with E-state index in [9.17, 15) is 9.59 Å². The van der Waals surface area contributed by atoms with E-state index in [0.29, 0.717) is 41.3 Å². The van der Waals surface area contributed by atoms with Crippen LogP contribution < -0.4 is 19.5 Å². The summed E-state index contributed by atoms with van der Waals surface area (Å²) in [6.07, 6.45) is 0.605. The first kappa shape index (κ1) is 24.6.